The summed E-state index contributed by atoms with van der Waals surface area (Å²) in [5, 5.41) is 8.05. The zero-order chi connectivity index (χ0) is 35.3. The maximum absolute atomic E-state index is 9.96. The molecule has 0 amide bonds. The fourth-order valence-corrected chi connectivity index (χ4v) is 9.43. The molecule has 10 rings (SSSR count). The van der Waals surface area contributed by atoms with Crippen molar-refractivity contribution in [3.05, 3.63) is 156 Å². The van der Waals surface area contributed by atoms with Crippen molar-refractivity contribution in [2.24, 2.45) is 4.30 Å². The van der Waals surface area contributed by atoms with E-state index >= 15 is 0 Å². The van der Waals surface area contributed by atoms with Gasteiger partial charge in [-0.15, -0.1) is 22.7 Å². The molecule has 0 fully saturated rings. The number of thiophene rings is 2. The Kier molecular flexibility index (Phi) is 9.89. The summed E-state index contributed by atoms with van der Waals surface area (Å²) in [5.74, 6) is 0. The molecule has 3 nitrogen and oxygen atoms in total. The topological polar surface area (TPSA) is 22.2 Å². The monoisotopic (exact) mass is 769 g/mol. The third kappa shape index (κ3) is 6.09. The molecular formula is C41H29BBrFN3S3. The Hall–Kier alpha value is -4.54. The maximum atomic E-state index is 9.96. The van der Waals surface area contributed by atoms with Gasteiger partial charge in [-0.3, -0.25) is 4.39 Å². The largest absolute Gasteiger partial charge is 0.301 e. The number of hydrogen-bond acceptors (Lipinski definition) is 4. The molecule has 9 heteroatoms. The van der Waals surface area contributed by atoms with Crippen LogP contribution in [0.2, 0.25) is 0 Å². The number of hydrogen-bond donors (Lipinski definition) is 1. The average Bonchev–Trinajstić information content (AvgIpc) is 3.90. The molecule has 0 aliphatic heterocycles. The van der Waals surface area contributed by atoms with Gasteiger partial charge in [0.1, 0.15) is 9.66 Å². The summed E-state index contributed by atoms with van der Waals surface area (Å²) in [5.41, 5.74) is 4.97. The van der Waals surface area contributed by atoms with Gasteiger partial charge in [0.05, 0.1) is 19.6 Å². The van der Waals surface area contributed by atoms with E-state index in [0.29, 0.717) is 0 Å². The fourth-order valence-electron chi connectivity index (χ4n) is 6.57. The van der Waals surface area contributed by atoms with E-state index < -0.39 is 7.15 Å². The predicted octanol–water partition coefficient (Wildman–Crippen LogP) is 13.5. The molecule has 4 aromatic heterocycles. The summed E-state index contributed by atoms with van der Waals surface area (Å²) in [6.45, 7) is 0. The van der Waals surface area contributed by atoms with Crippen molar-refractivity contribution in [2.75, 3.05) is 7.15 Å². The third-order valence-electron chi connectivity index (χ3n) is 8.47. The number of thiol groups is 1. The zero-order valence-corrected chi connectivity index (χ0v) is 30.7. The molecule has 0 aliphatic rings. The van der Waals surface area contributed by atoms with E-state index in [2.05, 4.69) is 201 Å². The Balaban J connectivity index is 0.000000139. The molecule has 0 atom stereocenters. The summed E-state index contributed by atoms with van der Waals surface area (Å²) in [4.78, 5) is 2.64. The number of halogens is 2. The van der Waals surface area contributed by atoms with Gasteiger partial charge < -0.3 is 9.13 Å². The first-order chi connectivity index (χ1) is 25.1. The normalized spacial score (nSPS) is 11.1. The minimum Gasteiger partial charge on any atom is -0.301 e. The molecule has 4 heterocycles. The molecule has 0 bridgehead atoms. The van der Waals surface area contributed by atoms with Gasteiger partial charge in [-0.25, -0.2) is 0 Å². The Morgan fingerprint density at radius 3 is 1.52 bits per heavy atom. The summed E-state index contributed by atoms with van der Waals surface area (Å²) in [6, 6.07) is 53.8. The van der Waals surface area contributed by atoms with Crippen LogP contribution in [0.5, 0.6) is 0 Å². The summed E-state index contributed by atoms with van der Waals surface area (Å²) in [6.07, 6.45) is 0. The van der Waals surface area contributed by atoms with E-state index in [1.54, 1.807) is 0 Å². The van der Waals surface area contributed by atoms with Crippen molar-refractivity contribution in [2.45, 2.75) is 0 Å². The molecule has 50 heavy (non-hydrogen) atoms. The molecule has 0 unspecified atom stereocenters. The third-order valence-corrected chi connectivity index (χ3v) is 11.3. The van der Waals surface area contributed by atoms with Gasteiger partial charge in [0, 0.05) is 57.6 Å². The first-order valence-corrected chi connectivity index (χ1v) is 18.4. The van der Waals surface area contributed by atoms with E-state index in [1.807, 2.05) is 22.7 Å². The standard InChI is InChI=1S/C20H12BrNS.C20H13NS.CH3F.BHNS/c21-13-10-11-17-16(12-13)19-15-8-4-5-9-18(15)23-20(19)22(17)14-6-2-1-3-7-14;1-2-8-14(9-3-1)21-17-12-6-4-10-15(17)19-16-11-5-7-13-18(16)22-20(19)21;1-2;1-2-3/h1-12H;1-13H;1H3;3H/i;;1D;. The fraction of sp³-hybridized carbons (Fsp3) is 0.0244. The van der Waals surface area contributed by atoms with Crippen LogP contribution in [0, 0.1) is 0 Å². The summed E-state index contributed by atoms with van der Waals surface area (Å²) in [7, 11) is 3.34. The summed E-state index contributed by atoms with van der Waals surface area (Å²) >= 11 is 10.6. The molecule has 0 saturated carbocycles. The van der Waals surface area contributed by atoms with Gasteiger partial charge in [0.2, 0.25) is 0 Å². The van der Waals surface area contributed by atoms with Crippen molar-refractivity contribution < 1.29 is 5.76 Å². The number of rotatable bonds is 2. The van der Waals surface area contributed by atoms with Crippen LogP contribution in [0.4, 0.5) is 4.39 Å². The number of aromatic nitrogens is 2. The van der Waals surface area contributed by atoms with E-state index in [0.717, 1.165) is 4.47 Å². The second-order valence-electron chi connectivity index (χ2n) is 11.2. The van der Waals surface area contributed by atoms with Crippen molar-refractivity contribution in [3.8, 4) is 11.4 Å². The minimum absolute atomic E-state index is 1.00. The molecule has 6 aromatic carbocycles. The van der Waals surface area contributed by atoms with Crippen LogP contribution >= 0.6 is 51.4 Å². The molecule has 0 aliphatic carbocycles. The van der Waals surface area contributed by atoms with Crippen molar-refractivity contribution in [1.82, 2.24) is 9.13 Å². The first kappa shape index (κ1) is 32.7. The van der Waals surface area contributed by atoms with Crippen LogP contribution in [0.1, 0.15) is 1.37 Å². The number of alkyl halides is 1. The molecule has 1 radical (unpaired) electrons. The van der Waals surface area contributed by atoms with E-state index in [1.165, 1.54) is 73.8 Å². The Bertz CT molecular complexity index is 2760. The van der Waals surface area contributed by atoms with Gasteiger partial charge in [0.25, 0.3) is 0 Å². The predicted molar refractivity (Wildman–Crippen MR) is 224 cm³/mol. The van der Waals surface area contributed by atoms with Gasteiger partial charge in [0.15, 0.2) is 0 Å². The second-order valence-corrected chi connectivity index (χ2v) is 14.4. The summed E-state index contributed by atoms with van der Waals surface area (Å²) < 4.78 is 26.8. The van der Waals surface area contributed by atoms with Crippen LogP contribution in [0.3, 0.4) is 0 Å². The zero-order valence-electron chi connectivity index (χ0n) is 27.6. The first-order valence-electron chi connectivity index (χ1n) is 16.3. The number of para-hydroxylation sites is 3. The van der Waals surface area contributed by atoms with E-state index in [-0.39, 0.29) is 0 Å². The quantitative estimate of drug-likeness (QED) is 0.134. The molecular weight excluding hydrogens is 740 g/mol. The van der Waals surface area contributed by atoms with Gasteiger partial charge in [-0.2, -0.15) is 0 Å². The van der Waals surface area contributed by atoms with Crippen LogP contribution in [0.15, 0.2) is 160 Å². The number of nitrogens with zero attached hydrogens (tertiary/aromatic N) is 3. The number of fused-ring (bicyclic) bond motifs is 10. The van der Waals surface area contributed by atoms with Crippen LogP contribution in [-0.2, 0) is 0 Å². The van der Waals surface area contributed by atoms with Crippen LogP contribution in [0.25, 0.3) is 73.8 Å². The maximum Gasteiger partial charge on any atom is 0.109 e. The Labute approximate surface area is 313 Å². The van der Waals surface area contributed by atoms with Crippen molar-refractivity contribution >= 4 is 121 Å². The molecule has 0 saturated heterocycles. The SMILES string of the molecule is Brc1ccc2c(c1)c1c3ccccc3sc1n2-c1ccccc1.[2H]CF.[B]=NS.c1ccc(-n2c3ccccc3c3c4ccccc4sc32)cc1. The Morgan fingerprint density at radius 2 is 1.00 bits per heavy atom. The molecule has 0 spiro atoms. The molecule has 243 valence electrons. The van der Waals surface area contributed by atoms with E-state index in [4.69, 9.17) is 1.37 Å². The Morgan fingerprint density at radius 1 is 0.600 bits per heavy atom. The molecule has 0 N–H and O–H groups in total. The second kappa shape index (κ2) is 15.1. The molecule has 10 aromatic rings. The van der Waals surface area contributed by atoms with Crippen molar-refractivity contribution in [1.29, 1.82) is 0 Å². The van der Waals surface area contributed by atoms with Crippen LogP contribution < -0.4 is 0 Å². The number of benzene rings is 6. The van der Waals surface area contributed by atoms with Gasteiger partial charge in [-0.1, -0.05) is 107 Å². The van der Waals surface area contributed by atoms with E-state index in [9.17, 15) is 4.39 Å². The van der Waals surface area contributed by atoms with Crippen molar-refractivity contribution in [3.63, 3.8) is 0 Å². The van der Waals surface area contributed by atoms with Crippen LogP contribution in [-0.4, -0.2) is 23.9 Å². The minimum atomic E-state index is -1.00. The van der Waals surface area contributed by atoms with Gasteiger partial charge >= 0.3 is 24.8 Å². The average molecular weight is 771 g/mol. The smallest absolute Gasteiger partial charge is 0.109 e. The van der Waals surface area contributed by atoms with Gasteiger partial charge in [-0.05, 0) is 60.7 Å².